The van der Waals surface area contributed by atoms with Crippen LogP contribution in [0.25, 0.3) is 0 Å². The Bertz CT molecular complexity index is 558. The molecule has 1 saturated heterocycles. The Labute approximate surface area is 139 Å². The van der Waals surface area contributed by atoms with Gasteiger partial charge in [0.2, 0.25) is 0 Å². The lowest BCUT2D eigenvalue weighted by Gasteiger charge is -2.30. The van der Waals surface area contributed by atoms with Crippen LogP contribution in [0.15, 0.2) is 23.1 Å². The largest absolute Gasteiger partial charge is 0.416 e. The van der Waals surface area contributed by atoms with E-state index in [4.69, 9.17) is 5.26 Å². The van der Waals surface area contributed by atoms with Gasteiger partial charge in [0.05, 0.1) is 11.1 Å². The highest BCUT2D eigenvalue weighted by Gasteiger charge is 2.31. The normalized spacial score (nSPS) is 17.2. The van der Waals surface area contributed by atoms with Gasteiger partial charge in [-0.05, 0) is 68.8 Å². The number of rotatable bonds is 5. The Morgan fingerprint density at radius 2 is 2.00 bits per heavy atom. The summed E-state index contributed by atoms with van der Waals surface area (Å²) in [6.45, 7) is 5.46. The Morgan fingerprint density at radius 1 is 1.30 bits per heavy atom. The fourth-order valence-electron chi connectivity index (χ4n) is 2.67. The molecule has 0 N–H and O–H groups in total. The first-order valence-corrected chi connectivity index (χ1v) is 8.85. The Hall–Kier alpha value is -1.19. The van der Waals surface area contributed by atoms with E-state index in [1.165, 1.54) is 30.7 Å². The molecule has 126 valence electrons. The first kappa shape index (κ1) is 18.2. The van der Waals surface area contributed by atoms with Gasteiger partial charge in [0.15, 0.2) is 0 Å². The molecule has 2 nitrogen and oxygen atoms in total. The number of alkyl halides is 3. The monoisotopic (exact) mass is 342 g/mol. The smallest absolute Gasteiger partial charge is 0.303 e. The lowest BCUT2D eigenvalue weighted by atomic mass is 9.99. The second-order valence-corrected chi connectivity index (χ2v) is 7.18. The van der Waals surface area contributed by atoms with Crippen LogP contribution in [-0.4, -0.2) is 30.3 Å². The van der Waals surface area contributed by atoms with E-state index in [0.717, 1.165) is 49.9 Å². The van der Waals surface area contributed by atoms with Crippen molar-refractivity contribution in [3.05, 3.63) is 29.3 Å². The SMILES string of the molecule is CC1CCN(CCCSc2cc(C(F)(F)F)ccc2C#N)CC1. The van der Waals surface area contributed by atoms with Crippen LogP contribution in [0.4, 0.5) is 13.2 Å². The summed E-state index contributed by atoms with van der Waals surface area (Å²) in [6, 6.07) is 5.29. The van der Waals surface area contributed by atoms with Crippen LogP contribution in [0.3, 0.4) is 0 Å². The van der Waals surface area contributed by atoms with Crippen molar-refractivity contribution < 1.29 is 13.2 Å². The molecule has 1 aromatic carbocycles. The molecule has 1 aliphatic rings. The summed E-state index contributed by atoms with van der Waals surface area (Å²) in [7, 11) is 0. The van der Waals surface area contributed by atoms with Crippen LogP contribution in [0, 0.1) is 17.2 Å². The van der Waals surface area contributed by atoms with E-state index in [0.29, 0.717) is 10.5 Å². The van der Waals surface area contributed by atoms with E-state index in [9.17, 15) is 13.2 Å². The van der Waals surface area contributed by atoms with Crippen molar-refractivity contribution in [1.29, 1.82) is 5.26 Å². The molecule has 1 aliphatic heterocycles. The zero-order valence-electron chi connectivity index (χ0n) is 13.2. The molecule has 0 amide bonds. The minimum absolute atomic E-state index is 0.315. The first-order valence-electron chi connectivity index (χ1n) is 7.86. The van der Waals surface area contributed by atoms with E-state index in [2.05, 4.69) is 11.8 Å². The topological polar surface area (TPSA) is 27.0 Å². The van der Waals surface area contributed by atoms with E-state index in [-0.39, 0.29) is 0 Å². The predicted octanol–water partition coefficient (Wildman–Crippen LogP) is 4.79. The molecular formula is C17H21F3N2S. The third-order valence-electron chi connectivity index (χ3n) is 4.18. The maximum atomic E-state index is 12.8. The quantitative estimate of drug-likeness (QED) is 0.568. The standard InChI is InChI=1S/C17H21F3N2S/c1-13-5-8-22(9-6-13)7-2-10-23-16-11-15(17(18,19)20)4-3-14(16)12-21/h3-4,11,13H,2,5-10H2,1H3. The number of nitriles is 1. The summed E-state index contributed by atoms with van der Waals surface area (Å²) >= 11 is 1.34. The number of hydrogen-bond acceptors (Lipinski definition) is 3. The summed E-state index contributed by atoms with van der Waals surface area (Å²) in [5.74, 6) is 1.52. The van der Waals surface area contributed by atoms with Gasteiger partial charge in [0.1, 0.15) is 6.07 Å². The van der Waals surface area contributed by atoms with Gasteiger partial charge in [-0.25, -0.2) is 0 Å². The highest BCUT2D eigenvalue weighted by molar-refractivity contribution is 7.99. The summed E-state index contributed by atoms with van der Waals surface area (Å²) < 4.78 is 38.3. The van der Waals surface area contributed by atoms with Gasteiger partial charge in [-0.15, -0.1) is 11.8 Å². The molecule has 1 aromatic rings. The van der Waals surface area contributed by atoms with Crippen molar-refractivity contribution in [2.24, 2.45) is 5.92 Å². The second-order valence-electron chi connectivity index (χ2n) is 6.05. The van der Waals surface area contributed by atoms with Crippen LogP contribution in [0.1, 0.15) is 37.3 Å². The number of likely N-dealkylation sites (tertiary alicyclic amines) is 1. The predicted molar refractivity (Wildman–Crippen MR) is 86.3 cm³/mol. The first-order chi connectivity index (χ1) is 10.9. The molecule has 0 radical (unpaired) electrons. The molecule has 1 heterocycles. The van der Waals surface area contributed by atoms with E-state index >= 15 is 0 Å². The molecule has 23 heavy (non-hydrogen) atoms. The van der Waals surface area contributed by atoms with Crippen LogP contribution < -0.4 is 0 Å². The highest BCUT2D eigenvalue weighted by Crippen LogP contribution is 2.33. The lowest BCUT2D eigenvalue weighted by Crippen LogP contribution is -2.33. The van der Waals surface area contributed by atoms with Crippen molar-refractivity contribution in [3.63, 3.8) is 0 Å². The number of hydrogen-bond donors (Lipinski definition) is 0. The molecule has 0 bridgehead atoms. The Kier molecular flexibility index (Phi) is 6.37. The van der Waals surface area contributed by atoms with Gasteiger partial charge in [0, 0.05) is 4.90 Å². The fourth-order valence-corrected chi connectivity index (χ4v) is 3.64. The van der Waals surface area contributed by atoms with Crippen molar-refractivity contribution >= 4 is 11.8 Å². The van der Waals surface area contributed by atoms with Gasteiger partial charge in [0.25, 0.3) is 0 Å². The summed E-state index contributed by atoms with van der Waals surface area (Å²) in [5, 5.41) is 9.04. The molecule has 2 rings (SSSR count). The van der Waals surface area contributed by atoms with Crippen molar-refractivity contribution in [2.75, 3.05) is 25.4 Å². The molecule has 0 aliphatic carbocycles. The fraction of sp³-hybridized carbons (Fsp3) is 0.588. The van der Waals surface area contributed by atoms with Crippen LogP contribution in [0.2, 0.25) is 0 Å². The van der Waals surface area contributed by atoms with Crippen molar-refractivity contribution in [2.45, 2.75) is 37.3 Å². The zero-order chi connectivity index (χ0) is 16.9. The van der Waals surface area contributed by atoms with Crippen LogP contribution >= 0.6 is 11.8 Å². The molecule has 6 heteroatoms. The van der Waals surface area contributed by atoms with Gasteiger partial charge < -0.3 is 4.90 Å². The van der Waals surface area contributed by atoms with Crippen molar-refractivity contribution in [3.8, 4) is 6.07 Å². The van der Waals surface area contributed by atoms with Gasteiger partial charge in [-0.2, -0.15) is 18.4 Å². The summed E-state index contributed by atoms with van der Waals surface area (Å²) in [6.07, 6.45) is -1.01. The molecule has 1 fully saturated rings. The Balaban J connectivity index is 1.86. The third kappa shape index (κ3) is 5.43. The minimum Gasteiger partial charge on any atom is -0.303 e. The summed E-state index contributed by atoms with van der Waals surface area (Å²) in [4.78, 5) is 2.84. The van der Waals surface area contributed by atoms with Crippen LogP contribution in [0.5, 0.6) is 0 Å². The lowest BCUT2D eigenvalue weighted by molar-refractivity contribution is -0.137. The van der Waals surface area contributed by atoms with E-state index in [1.807, 2.05) is 6.07 Å². The average molecular weight is 342 g/mol. The minimum atomic E-state index is -4.37. The summed E-state index contributed by atoms with van der Waals surface area (Å²) in [5.41, 5.74) is -0.376. The second kappa shape index (κ2) is 8.07. The molecule has 0 spiro atoms. The molecule has 0 aromatic heterocycles. The van der Waals surface area contributed by atoms with Gasteiger partial charge >= 0.3 is 6.18 Å². The number of thioether (sulfide) groups is 1. The van der Waals surface area contributed by atoms with Gasteiger partial charge in [-0.1, -0.05) is 6.92 Å². The number of nitrogens with zero attached hydrogens (tertiary/aromatic N) is 2. The maximum absolute atomic E-state index is 12.8. The van der Waals surface area contributed by atoms with Gasteiger partial charge in [-0.3, -0.25) is 0 Å². The molecule has 0 unspecified atom stereocenters. The maximum Gasteiger partial charge on any atom is 0.416 e. The number of benzene rings is 1. The zero-order valence-corrected chi connectivity index (χ0v) is 14.0. The molecule has 0 atom stereocenters. The van der Waals surface area contributed by atoms with Crippen molar-refractivity contribution in [1.82, 2.24) is 4.90 Å². The van der Waals surface area contributed by atoms with Crippen LogP contribution in [-0.2, 0) is 6.18 Å². The number of piperidine rings is 1. The molecule has 0 saturated carbocycles. The Morgan fingerprint density at radius 3 is 2.61 bits per heavy atom. The van der Waals surface area contributed by atoms with E-state index < -0.39 is 11.7 Å². The molecular weight excluding hydrogens is 321 g/mol. The van der Waals surface area contributed by atoms with E-state index in [1.54, 1.807) is 0 Å². The third-order valence-corrected chi connectivity index (χ3v) is 5.32. The number of halogens is 3. The highest BCUT2D eigenvalue weighted by atomic mass is 32.2. The average Bonchev–Trinajstić information content (AvgIpc) is 2.52.